The first-order valence-corrected chi connectivity index (χ1v) is 4.13. The third-order valence-electron chi connectivity index (χ3n) is 1.49. The molecule has 5 nitrogen and oxygen atoms in total. The van der Waals surface area contributed by atoms with Gasteiger partial charge in [-0.15, -0.1) is 0 Å². The third kappa shape index (κ3) is 5.57. The minimum absolute atomic E-state index is 0.133. The summed E-state index contributed by atoms with van der Waals surface area (Å²) >= 11 is 0. The topological polar surface area (TPSA) is 84.6 Å². The fraction of sp³-hybridized carbons (Fsp3) is 0.875. The van der Waals surface area contributed by atoms with Crippen molar-refractivity contribution in [3.05, 3.63) is 0 Å². The molecule has 0 aliphatic rings. The number of ether oxygens (including phenoxy) is 1. The molecule has 13 heavy (non-hydrogen) atoms. The number of methoxy groups -OCH3 is 1. The maximum absolute atomic E-state index is 11.2. The van der Waals surface area contributed by atoms with Crippen molar-refractivity contribution in [3.8, 4) is 0 Å². The maximum Gasteiger partial charge on any atom is 0.250 e. The lowest BCUT2D eigenvalue weighted by Gasteiger charge is -2.19. The summed E-state index contributed by atoms with van der Waals surface area (Å²) in [6, 6.07) is 0. The number of rotatable bonds is 5. The Hall–Kier alpha value is -0.650. The van der Waals surface area contributed by atoms with Crippen molar-refractivity contribution in [3.63, 3.8) is 0 Å². The molecule has 1 amide bonds. The van der Waals surface area contributed by atoms with Crippen LogP contribution in [-0.2, 0) is 9.53 Å². The average Bonchev–Trinajstić information content (AvgIpc) is 2.02. The molecular weight excluding hydrogens is 172 g/mol. The van der Waals surface area contributed by atoms with Gasteiger partial charge in [-0.3, -0.25) is 4.79 Å². The summed E-state index contributed by atoms with van der Waals surface area (Å²) in [5, 5.41) is 11.8. The first-order chi connectivity index (χ1) is 5.90. The molecule has 0 rings (SSSR count). The lowest BCUT2D eigenvalue weighted by Crippen LogP contribution is -2.45. The van der Waals surface area contributed by atoms with E-state index in [1.807, 2.05) is 0 Å². The molecule has 0 aromatic rings. The van der Waals surface area contributed by atoms with E-state index in [2.05, 4.69) is 5.32 Å². The number of amides is 1. The lowest BCUT2D eigenvalue weighted by atomic mass is 10.1. The molecule has 0 saturated heterocycles. The Morgan fingerprint density at radius 2 is 2.23 bits per heavy atom. The molecule has 0 spiro atoms. The SMILES string of the molecule is COC(CN)C(=O)NCC(C)(C)O. The van der Waals surface area contributed by atoms with E-state index in [0.717, 1.165) is 0 Å². The molecule has 0 aliphatic carbocycles. The van der Waals surface area contributed by atoms with Gasteiger partial charge >= 0.3 is 0 Å². The van der Waals surface area contributed by atoms with Crippen LogP contribution in [0.5, 0.6) is 0 Å². The van der Waals surface area contributed by atoms with E-state index in [0.29, 0.717) is 0 Å². The van der Waals surface area contributed by atoms with Gasteiger partial charge in [-0.05, 0) is 13.8 Å². The number of hydrogen-bond donors (Lipinski definition) is 3. The standard InChI is InChI=1S/C8H18N2O3/c1-8(2,12)5-10-7(11)6(4-9)13-3/h6,12H,4-5,9H2,1-3H3,(H,10,11). The van der Waals surface area contributed by atoms with Gasteiger partial charge in [-0.25, -0.2) is 0 Å². The van der Waals surface area contributed by atoms with Crippen LogP contribution in [0.2, 0.25) is 0 Å². The van der Waals surface area contributed by atoms with Gasteiger partial charge in [0.2, 0.25) is 0 Å². The largest absolute Gasteiger partial charge is 0.389 e. The molecule has 1 atom stereocenters. The summed E-state index contributed by atoms with van der Waals surface area (Å²) in [5.74, 6) is -0.299. The van der Waals surface area contributed by atoms with Gasteiger partial charge in [-0.2, -0.15) is 0 Å². The minimum Gasteiger partial charge on any atom is -0.389 e. The molecule has 0 fully saturated rings. The number of aliphatic hydroxyl groups is 1. The van der Waals surface area contributed by atoms with Gasteiger partial charge in [0, 0.05) is 20.2 Å². The number of nitrogens with one attached hydrogen (secondary N) is 1. The number of nitrogens with two attached hydrogens (primary N) is 1. The molecule has 78 valence electrons. The van der Waals surface area contributed by atoms with Gasteiger partial charge in [0.15, 0.2) is 0 Å². The van der Waals surface area contributed by atoms with Crippen LogP contribution in [0, 0.1) is 0 Å². The monoisotopic (exact) mass is 190 g/mol. The Morgan fingerprint density at radius 3 is 2.54 bits per heavy atom. The van der Waals surface area contributed by atoms with Gasteiger partial charge in [0.05, 0.1) is 5.60 Å². The fourth-order valence-electron chi connectivity index (χ4n) is 0.728. The highest BCUT2D eigenvalue weighted by atomic mass is 16.5. The zero-order valence-electron chi connectivity index (χ0n) is 8.33. The number of carbonyl (C=O) groups is 1. The predicted molar refractivity (Wildman–Crippen MR) is 49.2 cm³/mol. The molecule has 0 saturated carbocycles. The van der Waals surface area contributed by atoms with Gasteiger partial charge < -0.3 is 20.9 Å². The van der Waals surface area contributed by atoms with E-state index in [4.69, 9.17) is 10.5 Å². The summed E-state index contributed by atoms with van der Waals surface area (Å²) in [6.07, 6.45) is -0.637. The van der Waals surface area contributed by atoms with Crippen molar-refractivity contribution in [2.24, 2.45) is 5.73 Å². The van der Waals surface area contributed by atoms with Crippen LogP contribution in [-0.4, -0.2) is 42.9 Å². The van der Waals surface area contributed by atoms with Crippen LogP contribution in [0.4, 0.5) is 0 Å². The first-order valence-electron chi connectivity index (χ1n) is 4.13. The van der Waals surface area contributed by atoms with Crippen LogP contribution < -0.4 is 11.1 Å². The molecule has 0 heterocycles. The summed E-state index contributed by atoms with van der Waals surface area (Å²) in [5.41, 5.74) is 4.36. The third-order valence-corrected chi connectivity index (χ3v) is 1.49. The summed E-state index contributed by atoms with van der Waals surface area (Å²) in [7, 11) is 1.42. The van der Waals surface area contributed by atoms with E-state index in [1.165, 1.54) is 7.11 Å². The summed E-state index contributed by atoms with van der Waals surface area (Å²) in [4.78, 5) is 11.2. The summed E-state index contributed by atoms with van der Waals surface area (Å²) < 4.78 is 4.81. The fourth-order valence-corrected chi connectivity index (χ4v) is 0.728. The molecule has 1 unspecified atom stereocenters. The highest BCUT2D eigenvalue weighted by molar-refractivity contribution is 5.81. The number of hydrogen-bond acceptors (Lipinski definition) is 4. The smallest absolute Gasteiger partial charge is 0.250 e. The van der Waals surface area contributed by atoms with E-state index < -0.39 is 11.7 Å². The quantitative estimate of drug-likeness (QED) is 0.511. The Morgan fingerprint density at radius 1 is 1.69 bits per heavy atom. The lowest BCUT2D eigenvalue weighted by molar-refractivity contribution is -0.131. The predicted octanol–water partition coefficient (Wildman–Crippen LogP) is -1.15. The Bertz CT molecular complexity index is 161. The first kappa shape index (κ1) is 12.3. The Kier molecular flexibility index (Phi) is 4.90. The van der Waals surface area contributed by atoms with Crippen molar-refractivity contribution in [2.75, 3.05) is 20.2 Å². The van der Waals surface area contributed by atoms with Crippen molar-refractivity contribution in [1.82, 2.24) is 5.32 Å². The second-order valence-corrected chi connectivity index (χ2v) is 3.49. The molecule has 0 bridgehead atoms. The van der Waals surface area contributed by atoms with Gasteiger partial charge in [-0.1, -0.05) is 0 Å². The van der Waals surface area contributed by atoms with Crippen LogP contribution >= 0.6 is 0 Å². The van der Waals surface area contributed by atoms with Gasteiger partial charge in [0.25, 0.3) is 5.91 Å². The highest BCUT2D eigenvalue weighted by Gasteiger charge is 2.19. The second-order valence-electron chi connectivity index (χ2n) is 3.49. The highest BCUT2D eigenvalue weighted by Crippen LogP contribution is 1.97. The van der Waals surface area contributed by atoms with Crippen LogP contribution in [0.3, 0.4) is 0 Å². The Balaban J connectivity index is 3.86. The van der Waals surface area contributed by atoms with E-state index in [9.17, 15) is 9.90 Å². The van der Waals surface area contributed by atoms with E-state index in [-0.39, 0.29) is 19.0 Å². The molecule has 0 aromatic carbocycles. The molecule has 5 heteroatoms. The minimum atomic E-state index is -0.914. The van der Waals surface area contributed by atoms with Crippen LogP contribution in [0.25, 0.3) is 0 Å². The Labute approximate surface area is 78.3 Å². The number of carbonyl (C=O) groups excluding carboxylic acids is 1. The normalized spacial score (nSPS) is 13.9. The van der Waals surface area contributed by atoms with Crippen molar-refractivity contribution >= 4 is 5.91 Å². The van der Waals surface area contributed by atoms with Gasteiger partial charge in [0.1, 0.15) is 6.10 Å². The van der Waals surface area contributed by atoms with Crippen LogP contribution in [0.15, 0.2) is 0 Å². The average molecular weight is 190 g/mol. The second kappa shape index (κ2) is 5.16. The molecule has 0 aromatic heterocycles. The van der Waals surface area contributed by atoms with E-state index >= 15 is 0 Å². The maximum atomic E-state index is 11.2. The molecular formula is C8H18N2O3. The van der Waals surface area contributed by atoms with Crippen LogP contribution in [0.1, 0.15) is 13.8 Å². The molecule has 4 N–H and O–H groups in total. The van der Waals surface area contributed by atoms with Crippen molar-refractivity contribution in [2.45, 2.75) is 25.6 Å². The molecule has 0 radical (unpaired) electrons. The van der Waals surface area contributed by atoms with E-state index in [1.54, 1.807) is 13.8 Å². The zero-order valence-corrected chi connectivity index (χ0v) is 8.33. The van der Waals surface area contributed by atoms with Crippen molar-refractivity contribution in [1.29, 1.82) is 0 Å². The zero-order chi connectivity index (χ0) is 10.5. The van der Waals surface area contributed by atoms with Crippen molar-refractivity contribution < 1.29 is 14.6 Å². The summed E-state index contributed by atoms with van der Waals surface area (Å²) in [6.45, 7) is 3.54. The molecule has 0 aliphatic heterocycles.